The van der Waals surface area contributed by atoms with Crippen molar-refractivity contribution in [3.63, 3.8) is 0 Å². The second-order valence-corrected chi connectivity index (χ2v) is 7.39. The van der Waals surface area contributed by atoms with Crippen LogP contribution in [0.25, 0.3) is 39.6 Å². The number of rotatable bonds is 3. The first-order valence-electron chi connectivity index (χ1n) is 10.1. The zero-order valence-electron chi connectivity index (χ0n) is 17.4. The van der Waals surface area contributed by atoms with E-state index in [4.69, 9.17) is 8.83 Å². The van der Waals surface area contributed by atoms with Crippen LogP contribution in [0.1, 0.15) is 19.6 Å². The summed E-state index contributed by atoms with van der Waals surface area (Å²) in [6.45, 7) is 3.43. The highest BCUT2D eigenvalue weighted by Crippen LogP contribution is 2.33. The Morgan fingerprint density at radius 1 is 1.09 bits per heavy atom. The van der Waals surface area contributed by atoms with E-state index >= 15 is 0 Å². The molecule has 2 aromatic carbocycles. The molecule has 2 amide bonds. The van der Waals surface area contributed by atoms with Crippen molar-refractivity contribution in [3.05, 3.63) is 71.0 Å². The molecule has 0 bridgehead atoms. The van der Waals surface area contributed by atoms with E-state index in [1.165, 1.54) is 6.08 Å². The number of imide groups is 1. The van der Waals surface area contributed by atoms with Crippen molar-refractivity contribution in [2.75, 3.05) is 6.54 Å². The first-order valence-corrected chi connectivity index (χ1v) is 10.1. The van der Waals surface area contributed by atoms with Crippen molar-refractivity contribution in [1.82, 2.24) is 9.88 Å². The number of amides is 2. The van der Waals surface area contributed by atoms with Gasteiger partial charge in [0.15, 0.2) is 5.58 Å². The predicted molar refractivity (Wildman–Crippen MR) is 118 cm³/mol. The molecule has 4 aromatic rings. The molecule has 1 aliphatic heterocycles. The van der Waals surface area contributed by atoms with Crippen LogP contribution in [-0.2, 0) is 9.59 Å². The number of carbonyl (C=O) groups excluding carboxylic acids is 2. The van der Waals surface area contributed by atoms with Crippen LogP contribution in [0.3, 0.4) is 0 Å². The molecule has 0 N–H and O–H groups in total. The highest BCUT2D eigenvalue weighted by Gasteiger charge is 2.34. The van der Waals surface area contributed by atoms with Gasteiger partial charge < -0.3 is 8.83 Å². The molecule has 3 heterocycles. The maximum atomic E-state index is 12.8. The first kappa shape index (κ1) is 19.5. The lowest BCUT2D eigenvalue weighted by atomic mass is 9.95. The maximum absolute atomic E-state index is 12.8. The smallest absolute Gasteiger partial charge is 0.271 e. The lowest BCUT2D eigenvalue weighted by Crippen LogP contribution is -2.42. The van der Waals surface area contributed by atoms with Gasteiger partial charge in [0.2, 0.25) is 5.89 Å². The third-order valence-corrected chi connectivity index (χ3v) is 5.56. The van der Waals surface area contributed by atoms with Crippen molar-refractivity contribution < 1.29 is 18.4 Å². The van der Waals surface area contributed by atoms with Crippen LogP contribution < -0.4 is 0 Å². The van der Waals surface area contributed by atoms with E-state index in [1.807, 2.05) is 48.5 Å². The summed E-state index contributed by atoms with van der Waals surface area (Å²) >= 11 is 0. The van der Waals surface area contributed by atoms with Gasteiger partial charge in [-0.25, -0.2) is 0 Å². The third kappa shape index (κ3) is 2.93. The third-order valence-electron chi connectivity index (χ3n) is 5.56. The van der Waals surface area contributed by atoms with Crippen LogP contribution in [0.2, 0.25) is 0 Å². The minimum Gasteiger partial charge on any atom is -0.436 e. The van der Waals surface area contributed by atoms with Gasteiger partial charge in [-0.05, 0) is 42.3 Å². The van der Waals surface area contributed by atoms with Crippen molar-refractivity contribution in [2.24, 2.45) is 0 Å². The topological polar surface area (TPSA) is 100 Å². The van der Waals surface area contributed by atoms with E-state index in [2.05, 4.69) is 4.98 Å². The van der Waals surface area contributed by atoms with Gasteiger partial charge in [0.25, 0.3) is 17.5 Å². The standard InChI is InChI=1S/C25H17N3O4/c1-3-28-24(29)19(14(2)20(13-26)25(28)30)11-16-12-21-23(31-16)27-22(32-21)18-10-6-8-15-7-4-5-9-17(15)18/h4-12H,3H2,1-2H3/b19-11-. The molecular formula is C25H17N3O4. The number of nitrogens with zero attached hydrogens (tertiary/aromatic N) is 3. The van der Waals surface area contributed by atoms with E-state index in [9.17, 15) is 14.9 Å². The molecule has 0 saturated carbocycles. The van der Waals surface area contributed by atoms with Gasteiger partial charge in [-0.1, -0.05) is 36.4 Å². The van der Waals surface area contributed by atoms with Crippen LogP contribution >= 0.6 is 0 Å². The number of nitriles is 1. The van der Waals surface area contributed by atoms with Gasteiger partial charge in [0, 0.05) is 23.7 Å². The molecular weight excluding hydrogens is 406 g/mol. The fourth-order valence-electron chi connectivity index (χ4n) is 3.91. The predicted octanol–water partition coefficient (Wildman–Crippen LogP) is 4.85. The number of aromatic nitrogens is 1. The molecule has 0 saturated heterocycles. The van der Waals surface area contributed by atoms with Gasteiger partial charge in [0.1, 0.15) is 17.4 Å². The lowest BCUT2D eigenvalue weighted by molar-refractivity contribution is -0.140. The number of furan rings is 1. The molecule has 2 aromatic heterocycles. The van der Waals surface area contributed by atoms with Gasteiger partial charge in [-0.2, -0.15) is 10.2 Å². The number of oxazole rings is 1. The molecule has 0 fully saturated rings. The Labute approximate surface area is 182 Å². The quantitative estimate of drug-likeness (QED) is 0.345. The minimum atomic E-state index is -0.579. The van der Waals surface area contributed by atoms with Gasteiger partial charge in [-0.15, -0.1) is 0 Å². The number of hydrogen-bond acceptors (Lipinski definition) is 6. The molecule has 0 atom stereocenters. The zero-order valence-corrected chi connectivity index (χ0v) is 17.4. The van der Waals surface area contributed by atoms with Crippen LogP contribution in [-0.4, -0.2) is 28.2 Å². The summed E-state index contributed by atoms with van der Waals surface area (Å²) in [5.74, 6) is -0.258. The molecule has 32 heavy (non-hydrogen) atoms. The first-order chi connectivity index (χ1) is 15.5. The van der Waals surface area contributed by atoms with Crippen LogP contribution in [0.4, 0.5) is 0 Å². The average molecular weight is 423 g/mol. The second-order valence-electron chi connectivity index (χ2n) is 7.39. The van der Waals surface area contributed by atoms with Crippen molar-refractivity contribution in [3.8, 4) is 17.5 Å². The van der Waals surface area contributed by atoms with Gasteiger partial charge >= 0.3 is 0 Å². The monoisotopic (exact) mass is 423 g/mol. The van der Waals surface area contributed by atoms with Crippen LogP contribution in [0.5, 0.6) is 0 Å². The van der Waals surface area contributed by atoms with Crippen molar-refractivity contribution >= 4 is 40.0 Å². The Bertz CT molecular complexity index is 1490. The molecule has 0 aliphatic carbocycles. The summed E-state index contributed by atoms with van der Waals surface area (Å²) in [5, 5.41) is 11.5. The van der Waals surface area contributed by atoms with Gasteiger partial charge in [0.05, 0.1) is 0 Å². The lowest BCUT2D eigenvalue weighted by Gasteiger charge is -2.25. The summed E-state index contributed by atoms with van der Waals surface area (Å²) in [7, 11) is 0. The molecule has 7 heteroatoms. The van der Waals surface area contributed by atoms with Gasteiger partial charge in [-0.3, -0.25) is 14.5 Å². The Kier molecular flexibility index (Phi) is 4.49. The Morgan fingerprint density at radius 3 is 2.62 bits per heavy atom. The van der Waals surface area contributed by atoms with Crippen LogP contribution in [0.15, 0.2) is 74.1 Å². The van der Waals surface area contributed by atoms with Crippen LogP contribution in [0, 0.1) is 11.3 Å². The van der Waals surface area contributed by atoms with E-state index in [1.54, 1.807) is 19.9 Å². The fraction of sp³-hybridized carbons (Fsp3) is 0.120. The van der Waals surface area contributed by atoms with E-state index in [0.717, 1.165) is 21.2 Å². The maximum Gasteiger partial charge on any atom is 0.271 e. The summed E-state index contributed by atoms with van der Waals surface area (Å²) < 4.78 is 11.7. The molecule has 0 radical (unpaired) electrons. The molecule has 5 rings (SSSR count). The Hall–Kier alpha value is -4.44. The normalized spacial score (nSPS) is 15.9. The summed E-state index contributed by atoms with van der Waals surface area (Å²) in [6, 6.07) is 17.4. The average Bonchev–Trinajstić information content (AvgIpc) is 3.36. The molecule has 1 aliphatic rings. The SMILES string of the molecule is CCN1C(=O)C(C#N)=C(C)/C(=C/c2cc3oc(-c4cccc5ccccc45)nc3o2)C1=O. The minimum absolute atomic E-state index is 0.0516. The second kappa shape index (κ2) is 7.36. The molecule has 0 spiro atoms. The zero-order chi connectivity index (χ0) is 22.4. The molecule has 156 valence electrons. The number of carbonyl (C=O) groups is 2. The van der Waals surface area contributed by atoms with Crippen molar-refractivity contribution in [2.45, 2.75) is 13.8 Å². The van der Waals surface area contributed by atoms with E-state index in [0.29, 0.717) is 28.5 Å². The number of fused-ring (bicyclic) bond motifs is 2. The highest BCUT2D eigenvalue weighted by molar-refractivity contribution is 6.19. The Morgan fingerprint density at radius 2 is 1.88 bits per heavy atom. The summed E-state index contributed by atoms with van der Waals surface area (Å²) in [6.07, 6.45) is 1.51. The summed E-state index contributed by atoms with van der Waals surface area (Å²) in [4.78, 5) is 30.6. The van der Waals surface area contributed by atoms with E-state index in [-0.39, 0.29) is 17.7 Å². The number of benzene rings is 2. The number of likely N-dealkylation sites (N-methyl/N-ethyl adjacent to an activating group) is 1. The highest BCUT2D eigenvalue weighted by atomic mass is 16.4. The fourth-order valence-corrected chi connectivity index (χ4v) is 3.91. The van der Waals surface area contributed by atoms with Crippen molar-refractivity contribution in [1.29, 1.82) is 5.26 Å². The largest absolute Gasteiger partial charge is 0.436 e. The summed E-state index contributed by atoms with van der Waals surface area (Å²) in [5.41, 5.74) is 2.09. The van der Waals surface area contributed by atoms with E-state index < -0.39 is 11.8 Å². The molecule has 7 nitrogen and oxygen atoms in total. The number of hydrogen-bond donors (Lipinski definition) is 0. The molecule has 0 unspecified atom stereocenters. The Balaban J connectivity index is 1.57.